The number of hydrogen-bond donors (Lipinski definition) is 3. The summed E-state index contributed by atoms with van der Waals surface area (Å²) in [6, 6.07) is 16.9. The second-order valence-electron chi connectivity index (χ2n) is 9.51. The summed E-state index contributed by atoms with van der Waals surface area (Å²) in [6.45, 7) is 3.24. The lowest BCUT2D eigenvalue weighted by atomic mass is 10.0. The number of carbonyl (C=O) groups is 2. The van der Waals surface area contributed by atoms with E-state index in [1.807, 2.05) is 54.8 Å². The average Bonchev–Trinajstić information content (AvgIpc) is 3.65. The number of imidazole rings is 1. The van der Waals surface area contributed by atoms with Crippen molar-refractivity contribution in [3.05, 3.63) is 86.8 Å². The number of amides is 2. The van der Waals surface area contributed by atoms with Crippen molar-refractivity contribution in [2.75, 3.05) is 6.54 Å². The summed E-state index contributed by atoms with van der Waals surface area (Å²) >= 11 is 7.60. The van der Waals surface area contributed by atoms with Gasteiger partial charge in [0.05, 0.1) is 30.2 Å². The highest BCUT2D eigenvalue weighted by Crippen LogP contribution is 2.33. The number of benzene rings is 2. The fourth-order valence-corrected chi connectivity index (χ4v) is 6.02. The molecule has 3 heterocycles. The summed E-state index contributed by atoms with van der Waals surface area (Å²) in [5.74, 6) is -0.545. The molecular weight excluding hydrogens is 524 g/mol. The number of aryl methyl sites for hydroxylation is 1. The number of aliphatic hydroxyl groups is 2. The van der Waals surface area contributed by atoms with Crippen LogP contribution in [0.3, 0.4) is 0 Å². The monoisotopic (exact) mass is 552 g/mol. The van der Waals surface area contributed by atoms with E-state index >= 15 is 0 Å². The van der Waals surface area contributed by atoms with Crippen LogP contribution in [-0.2, 0) is 22.7 Å². The van der Waals surface area contributed by atoms with Crippen LogP contribution in [0.4, 0.5) is 0 Å². The van der Waals surface area contributed by atoms with E-state index in [4.69, 9.17) is 11.6 Å². The summed E-state index contributed by atoms with van der Waals surface area (Å²) in [5, 5.41) is 26.3. The van der Waals surface area contributed by atoms with Gasteiger partial charge in [-0.25, -0.2) is 4.98 Å². The molecule has 3 N–H and O–H groups in total. The van der Waals surface area contributed by atoms with Crippen LogP contribution in [-0.4, -0.2) is 55.2 Å². The lowest BCUT2D eigenvalue weighted by Gasteiger charge is -2.28. The smallest absolute Gasteiger partial charge is 0.255 e. The first-order valence-corrected chi connectivity index (χ1v) is 13.8. The molecule has 10 heteroatoms. The Morgan fingerprint density at radius 1 is 1.16 bits per heavy atom. The lowest BCUT2D eigenvalue weighted by Crippen LogP contribution is -2.50. The highest BCUT2D eigenvalue weighted by atomic mass is 35.5. The van der Waals surface area contributed by atoms with Gasteiger partial charge < -0.3 is 25.0 Å². The SMILES string of the molecule is Cc1nc2ccccc2n1Cc1csc(CNC(=O)C(O)[C@@H](O)C(=O)N2CCC[C@@H]2c2cccc(Cl)c2)c1. The third kappa shape index (κ3) is 5.47. The Balaban J connectivity index is 1.18. The highest BCUT2D eigenvalue weighted by molar-refractivity contribution is 7.10. The van der Waals surface area contributed by atoms with Gasteiger partial charge in [-0.05, 0) is 66.6 Å². The van der Waals surface area contributed by atoms with E-state index in [1.165, 1.54) is 16.2 Å². The van der Waals surface area contributed by atoms with Crippen molar-refractivity contribution in [2.24, 2.45) is 0 Å². The van der Waals surface area contributed by atoms with Crippen molar-refractivity contribution in [2.45, 2.75) is 51.1 Å². The molecule has 2 amide bonds. The molecular formula is C28H29ClN4O4S. The zero-order valence-electron chi connectivity index (χ0n) is 20.9. The number of aromatic nitrogens is 2. The maximum atomic E-state index is 13.0. The van der Waals surface area contributed by atoms with Crippen molar-refractivity contribution in [1.29, 1.82) is 0 Å². The largest absolute Gasteiger partial charge is 0.380 e. The van der Waals surface area contributed by atoms with E-state index in [9.17, 15) is 19.8 Å². The van der Waals surface area contributed by atoms with Gasteiger partial charge in [0, 0.05) is 16.4 Å². The van der Waals surface area contributed by atoms with Crippen LogP contribution in [0, 0.1) is 6.92 Å². The zero-order valence-corrected chi connectivity index (χ0v) is 22.5. The Bertz CT molecular complexity index is 1470. The van der Waals surface area contributed by atoms with Gasteiger partial charge in [0.1, 0.15) is 5.82 Å². The molecule has 8 nitrogen and oxygen atoms in total. The van der Waals surface area contributed by atoms with Gasteiger partial charge in [-0.15, -0.1) is 11.3 Å². The number of likely N-dealkylation sites (tertiary alicyclic amines) is 1. The van der Waals surface area contributed by atoms with E-state index in [2.05, 4.69) is 14.9 Å². The van der Waals surface area contributed by atoms with Crippen molar-refractivity contribution in [3.63, 3.8) is 0 Å². The molecule has 0 bridgehead atoms. The standard InChI is InChI=1S/C28H29ClN4O4S/c1-17-31-22-8-2-3-9-24(22)33(17)15-18-12-21(38-16-18)14-30-27(36)25(34)26(35)28(37)32-11-5-10-23(32)19-6-4-7-20(29)13-19/h2-4,6-9,12-13,16,23,25-26,34-35H,5,10-11,14-15H2,1H3,(H,30,36)/t23-,25?,26-/m1/s1. The molecule has 38 heavy (non-hydrogen) atoms. The Hall–Kier alpha value is -3.24. The molecule has 5 rings (SSSR count). The summed E-state index contributed by atoms with van der Waals surface area (Å²) in [5.41, 5.74) is 3.94. The maximum absolute atomic E-state index is 13.0. The predicted octanol–water partition coefficient (Wildman–Crippen LogP) is 3.81. The summed E-state index contributed by atoms with van der Waals surface area (Å²) < 4.78 is 2.14. The van der Waals surface area contributed by atoms with E-state index in [-0.39, 0.29) is 12.6 Å². The topological polar surface area (TPSA) is 108 Å². The second-order valence-corrected chi connectivity index (χ2v) is 10.9. The van der Waals surface area contributed by atoms with Gasteiger partial charge in [-0.3, -0.25) is 9.59 Å². The molecule has 2 aromatic carbocycles. The van der Waals surface area contributed by atoms with Gasteiger partial charge in [-0.1, -0.05) is 35.9 Å². The van der Waals surface area contributed by atoms with Crippen LogP contribution in [0.1, 0.15) is 40.7 Å². The number of carbonyl (C=O) groups excluding carboxylic acids is 2. The highest BCUT2D eigenvalue weighted by Gasteiger charge is 2.38. The Morgan fingerprint density at radius 3 is 2.79 bits per heavy atom. The van der Waals surface area contributed by atoms with Crippen LogP contribution in [0.25, 0.3) is 11.0 Å². The van der Waals surface area contributed by atoms with Gasteiger partial charge >= 0.3 is 0 Å². The third-order valence-corrected chi connectivity index (χ3v) is 8.14. The lowest BCUT2D eigenvalue weighted by molar-refractivity contribution is -0.153. The molecule has 0 saturated carbocycles. The fourth-order valence-electron chi connectivity index (χ4n) is 5.00. The van der Waals surface area contributed by atoms with E-state index < -0.39 is 24.0 Å². The van der Waals surface area contributed by atoms with Crippen LogP contribution in [0.15, 0.2) is 60.0 Å². The number of rotatable bonds is 8. The molecule has 198 valence electrons. The Kier molecular flexibility index (Phi) is 7.80. The van der Waals surface area contributed by atoms with Crippen molar-refractivity contribution in [1.82, 2.24) is 19.8 Å². The number of hydrogen-bond acceptors (Lipinski definition) is 6. The molecule has 1 fully saturated rings. The van der Waals surface area contributed by atoms with E-state index in [0.29, 0.717) is 18.1 Å². The minimum atomic E-state index is -1.87. The number of thiophene rings is 1. The first kappa shape index (κ1) is 26.4. The predicted molar refractivity (Wildman–Crippen MR) is 147 cm³/mol. The molecule has 0 spiro atoms. The second kappa shape index (κ2) is 11.2. The van der Waals surface area contributed by atoms with Crippen LogP contribution < -0.4 is 5.32 Å². The maximum Gasteiger partial charge on any atom is 0.255 e. The first-order chi connectivity index (χ1) is 18.3. The minimum absolute atomic E-state index is 0.181. The molecule has 3 atom stereocenters. The van der Waals surface area contributed by atoms with Gasteiger partial charge in [0.2, 0.25) is 0 Å². The zero-order chi connectivity index (χ0) is 26.8. The molecule has 1 aliphatic rings. The fraction of sp³-hybridized carbons (Fsp3) is 0.321. The number of aliphatic hydroxyl groups excluding tert-OH is 2. The van der Waals surface area contributed by atoms with Crippen LogP contribution >= 0.6 is 22.9 Å². The van der Waals surface area contributed by atoms with Crippen molar-refractivity contribution < 1.29 is 19.8 Å². The van der Waals surface area contributed by atoms with Gasteiger partial charge in [0.25, 0.3) is 11.8 Å². The number of halogens is 1. The summed E-state index contributed by atoms with van der Waals surface area (Å²) in [6.07, 6.45) is -2.25. The first-order valence-electron chi connectivity index (χ1n) is 12.5. The quantitative estimate of drug-likeness (QED) is 0.308. The molecule has 1 saturated heterocycles. The van der Waals surface area contributed by atoms with Crippen LogP contribution in [0.2, 0.25) is 5.02 Å². The molecule has 4 aromatic rings. The normalized spacial score (nSPS) is 17.1. The van der Waals surface area contributed by atoms with E-state index in [1.54, 1.807) is 12.1 Å². The minimum Gasteiger partial charge on any atom is -0.380 e. The van der Waals surface area contributed by atoms with Gasteiger partial charge in [0.15, 0.2) is 12.2 Å². The molecule has 2 aromatic heterocycles. The van der Waals surface area contributed by atoms with Crippen molar-refractivity contribution in [3.8, 4) is 0 Å². The number of nitrogens with zero attached hydrogens (tertiary/aromatic N) is 3. The molecule has 0 radical (unpaired) electrons. The van der Waals surface area contributed by atoms with Crippen LogP contribution in [0.5, 0.6) is 0 Å². The molecule has 1 unspecified atom stereocenters. The van der Waals surface area contributed by atoms with E-state index in [0.717, 1.165) is 45.7 Å². The van der Waals surface area contributed by atoms with Crippen molar-refractivity contribution >= 4 is 45.8 Å². The Labute approximate surface area is 229 Å². The third-order valence-electron chi connectivity index (χ3n) is 6.92. The number of nitrogens with one attached hydrogen (secondary N) is 1. The molecule has 0 aliphatic carbocycles. The molecule has 1 aliphatic heterocycles. The number of fused-ring (bicyclic) bond motifs is 1. The Morgan fingerprint density at radius 2 is 1.97 bits per heavy atom. The summed E-state index contributed by atoms with van der Waals surface area (Å²) in [7, 11) is 0. The average molecular weight is 553 g/mol. The van der Waals surface area contributed by atoms with Gasteiger partial charge in [-0.2, -0.15) is 0 Å². The summed E-state index contributed by atoms with van der Waals surface area (Å²) in [4.78, 5) is 32.6. The number of para-hydroxylation sites is 2.